The van der Waals surface area contributed by atoms with Crippen molar-refractivity contribution in [3.05, 3.63) is 95.8 Å². The summed E-state index contributed by atoms with van der Waals surface area (Å²) in [6.07, 6.45) is 3.68. The number of hydrogen-bond donors (Lipinski definition) is 3. The second-order valence-electron chi connectivity index (χ2n) is 13.0. The Balaban J connectivity index is 1.61. The maximum Gasteiger partial charge on any atom is 0.328 e. The Morgan fingerprint density at radius 1 is 1.02 bits per heavy atom. The standard InChI is InChI=1S/C36H46N6O7S/c1-5-26(4)34(42-24-33(44)41(36(42)46)22-29-12-9-17-37-19-29)35(45)39-31(18-27-10-7-6-8-11-27)32(43)23-40(21-25(2)3)50(48,49)30-15-13-28(14-16-30)20-38-47/h6-17,19-20,25-26,31-32,34,43,47H,5,18,21-24H2,1-4H3,(H,39,45)/b38-20+/t26-,31-,32-,34-/m0/s1. The van der Waals surface area contributed by atoms with Crippen LogP contribution < -0.4 is 5.32 Å². The molecule has 1 aromatic heterocycles. The van der Waals surface area contributed by atoms with Crippen LogP contribution in [0.2, 0.25) is 0 Å². The number of aliphatic hydroxyl groups is 1. The van der Waals surface area contributed by atoms with Crippen LogP contribution in [-0.4, -0.2) is 99.7 Å². The summed E-state index contributed by atoms with van der Waals surface area (Å²) >= 11 is 0. The van der Waals surface area contributed by atoms with Gasteiger partial charge in [0.2, 0.25) is 15.9 Å². The van der Waals surface area contributed by atoms with Crippen LogP contribution in [0.4, 0.5) is 4.79 Å². The molecular formula is C36H46N6O7S. The first-order valence-electron chi connectivity index (χ1n) is 16.7. The molecule has 2 aromatic carbocycles. The number of carbonyl (C=O) groups is 3. The van der Waals surface area contributed by atoms with Crippen molar-refractivity contribution in [3.8, 4) is 0 Å². The van der Waals surface area contributed by atoms with Gasteiger partial charge in [0.15, 0.2) is 0 Å². The molecule has 1 aliphatic heterocycles. The van der Waals surface area contributed by atoms with Gasteiger partial charge in [0.1, 0.15) is 12.6 Å². The highest BCUT2D eigenvalue weighted by molar-refractivity contribution is 7.89. The number of pyridine rings is 1. The number of rotatable bonds is 17. The number of nitrogens with one attached hydrogen (secondary N) is 1. The number of benzene rings is 2. The Morgan fingerprint density at radius 2 is 1.70 bits per heavy atom. The fourth-order valence-corrected chi connectivity index (χ4v) is 7.53. The minimum atomic E-state index is -4.10. The Morgan fingerprint density at radius 3 is 2.30 bits per heavy atom. The lowest BCUT2D eigenvalue weighted by Crippen LogP contribution is -2.57. The van der Waals surface area contributed by atoms with E-state index in [2.05, 4.69) is 15.5 Å². The molecule has 4 amide bonds. The Kier molecular flexibility index (Phi) is 13.2. The highest BCUT2D eigenvalue weighted by atomic mass is 32.2. The van der Waals surface area contributed by atoms with Crippen molar-refractivity contribution in [1.29, 1.82) is 0 Å². The predicted molar refractivity (Wildman–Crippen MR) is 188 cm³/mol. The van der Waals surface area contributed by atoms with E-state index in [-0.39, 0.29) is 49.3 Å². The van der Waals surface area contributed by atoms with E-state index in [1.165, 1.54) is 39.7 Å². The molecule has 4 atom stereocenters. The van der Waals surface area contributed by atoms with E-state index < -0.39 is 46.1 Å². The summed E-state index contributed by atoms with van der Waals surface area (Å²) in [5, 5.41) is 26.5. The van der Waals surface area contributed by atoms with Crippen molar-refractivity contribution >= 4 is 34.1 Å². The number of sulfonamides is 1. The van der Waals surface area contributed by atoms with Crippen LogP contribution in [0.3, 0.4) is 0 Å². The van der Waals surface area contributed by atoms with Gasteiger partial charge in [-0.2, -0.15) is 4.31 Å². The zero-order chi connectivity index (χ0) is 36.4. The zero-order valence-corrected chi connectivity index (χ0v) is 29.6. The van der Waals surface area contributed by atoms with E-state index in [0.29, 0.717) is 17.5 Å². The van der Waals surface area contributed by atoms with E-state index in [1.54, 1.807) is 24.5 Å². The maximum atomic E-state index is 14.2. The minimum absolute atomic E-state index is 0.00558. The first-order valence-corrected chi connectivity index (χ1v) is 18.1. The smallest absolute Gasteiger partial charge is 0.328 e. The number of carbonyl (C=O) groups excluding carboxylic acids is 3. The molecule has 14 heteroatoms. The van der Waals surface area contributed by atoms with Crippen molar-refractivity contribution in [1.82, 2.24) is 24.4 Å². The van der Waals surface area contributed by atoms with Gasteiger partial charge in [-0.1, -0.05) is 87.8 Å². The Hall–Kier alpha value is -4.66. The lowest BCUT2D eigenvalue weighted by Gasteiger charge is -2.34. The average Bonchev–Trinajstić information content (AvgIpc) is 3.36. The van der Waals surface area contributed by atoms with E-state index >= 15 is 0 Å². The molecule has 3 aromatic rings. The zero-order valence-electron chi connectivity index (χ0n) is 28.8. The van der Waals surface area contributed by atoms with Gasteiger partial charge in [0.05, 0.1) is 29.8 Å². The summed E-state index contributed by atoms with van der Waals surface area (Å²) < 4.78 is 28.9. The van der Waals surface area contributed by atoms with Crippen molar-refractivity contribution < 1.29 is 33.1 Å². The van der Waals surface area contributed by atoms with Gasteiger partial charge in [-0.05, 0) is 53.1 Å². The predicted octanol–water partition coefficient (Wildman–Crippen LogP) is 3.50. The summed E-state index contributed by atoms with van der Waals surface area (Å²) in [6.45, 7) is 6.94. The van der Waals surface area contributed by atoms with Gasteiger partial charge >= 0.3 is 6.03 Å². The van der Waals surface area contributed by atoms with Gasteiger partial charge in [0.25, 0.3) is 5.91 Å². The third-order valence-corrected chi connectivity index (χ3v) is 10.6. The summed E-state index contributed by atoms with van der Waals surface area (Å²) in [6, 6.07) is 15.9. The molecular weight excluding hydrogens is 660 g/mol. The minimum Gasteiger partial charge on any atom is -0.411 e. The number of oxime groups is 1. The molecule has 1 fully saturated rings. The molecule has 13 nitrogen and oxygen atoms in total. The second kappa shape index (κ2) is 17.3. The van der Waals surface area contributed by atoms with E-state index in [9.17, 15) is 27.9 Å². The molecule has 268 valence electrons. The van der Waals surface area contributed by atoms with E-state index in [0.717, 1.165) is 10.5 Å². The largest absolute Gasteiger partial charge is 0.411 e. The third kappa shape index (κ3) is 9.52. The van der Waals surface area contributed by atoms with Gasteiger partial charge < -0.3 is 20.5 Å². The van der Waals surface area contributed by atoms with Crippen LogP contribution in [0.5, 0.6) is 0 Å². The first-order chi connectivity index (χ1) is 23.8. The van der Waals surface area contributed by atoms with Crippen LogP contribution in [0.25, 0.3) is 0 Å². The third-order valence-electron chi connectivity index (χ3n) is 8.71. The number of amides is 4. The monoisotopic (exact) mass is 706 g/mol. The average molecular weight is 707 g/mol. The van der Waals surface area contributed by atoms with Gasteiger partial charge in [-0.25, -0.2) is 13.2 Å². The number of aliphatic hydroxyl groups excluding tert-OH is 1. The molecule has 50 heavy (non-hydrogen) atoms. The highest BCUT2D eigenvalue weighted by Crippen LogP contribution is 2.24. The SMILES string of the molecule is CC[C@H](C)[C@@H](C(=O)N[C@@H](Cc1ccccc1)[C@@H](O)CN(CC(C)C)S(=O)(=O)c1ccc(/C=N/O)cc1)N1CC(=O)N(Cc2cccnc2)C1=O. The van der Waals surface area contributed by atoms with Crippen molar-refractivity contribution in [3.63, 3.8) is 0 Å². The van der Waals surface area contributed by atoms with Crippen LogP contribution in [-0.2, 0) is 32.6 Å². The van der Waals surface area contributed by atoms with Gasteiger partial charge in [0, 0.05) is 25.5 Å². The molecule has 0 spiro atoms. The molecule has 3 N–H and O–H groups in total. The van der Waals surface area contributed by atoms with Gasteiger partial charge in [-0.3, -0.25) is 19.5 Å². The number of urea groups is 1. The molecule has 1 saturated heterocycles. The fourth-order valence-electron chi connectivity index (χ4n) is 5.91. The maximum absolute atomic E-state index is 14.2. The Bertz CT molecular complexity index is 1720. The molecule has 0 saturated carbocycles. The summed E-state index contributed by atoms with van der Waals surface area (Å²) in [4.78, 5) is 47.3. The molecule has 0 aliphatic carbocycles. The lowest BCUT2D eigenvalue weighted by molar-refractivity contribution is -0.129. The quantitative estimate of drug-likeness (QED) is 0.0828. The second-order valence-corrected chi connectivity index (χ2v) is 14.9. The number of aromatic nitrogens is 1. The fraction of sp³-hybridized carbons (Fsp3) is 0.417. The van der Waals surface area contributed by atoms with Crippen LogP contribution in [0.15, 0.2) is 89.2 Å². The van der Waals surface area contributed by atoms with Crippen LogP contribution in [0, 0.1) is 11.8 Å². The molecule has 0 bridgehead atoms. The molecule has 0 unspecified atom stereocenters. The van der Waals surface area contributed by atoms with Crippen molar-refractivity contribution in [2.24, 2.45) is 17.0 Å². The summed E-state index contributed by atoms with van der Waals surface area (Å²) in [5.41, 5.74) is 1.97. The normalized spacial score (nSPS) is 16.3. The van der Waals surface area contributed by atoms with Crippen molar-refractivity contribution in [2.75, 3.05) is 19.6 Å². The van der Waals surface area contributed by atoms with Crippen molar-refractivity contribution in [2.45, 2.75) is 70.2 Å². The number of imide groups is 1. The number of hydrogen-bond acceptors (Lipinski definition) is 9. The topological polar surface area (TPSA) is 173 Å². The molecule has 0 radical (unpaired) electrons. The highest BCUT2D eigenvalue weighted by Gasteiger charge is 2.45. The Labute approximate surface area is 293 Å². The molecule has 2 heterocycles. The van der Waals surface area contributed by atoms with Crippen LogP contribution >= 0.6 is 0 Å². The van der Waals surface area contributed by atoms with Gasteiger partial charge in [-0.15, -0.1) is 0 Å². The van der Waals surface area contributed by atoms with Crippen LogP contribution in [0.1, 0.15) is 50.8 Å². The summed E-state index contributed by atoms with van der Waals surface area (Å²) in [7, 11) is -4.10. The lowest BCUT2D eigenvalue weighted by atomic mass is 9.95. The molecule has 4 rings (SSSR count). The first kappa shape index (κ1) is 38.1. The summed E-state index contributed by atoms with van der Waals surface area (Å²) in [5.74, 6) is -1.44. The van der Waals surface area contributed by atoms with E-state index in [4.69, 9.17) is 5.21 Å². The molecule has 1 aliphatic rings. The van der Waals surface area contributed by atoms with E-state index in [1.807, 2.05) is 58.0 Å². The number of nitrogens with zero attached hydrogens (tertiary/aromatic N) is 5.